The van der Waals surface area contributed by atoms with Crippen LogP contribution in [0.25, 0.3) is 0 Å². The predicted octanol–water partition coefficient (Wildman–Crippen LogP) is 1.34. The minimum absolute atomic E-state index is 0.284. The maximum Gasteiger partial charge on any atom is 0.374 e. The lowest BCUT2D eigenvalue weighted by Crippen LogP contribution is -2.20. The van der Waals surface area contributed by atoms with Gasteiger partial charge in [-0.3, -0.25) is 4.79 Å². The van der Waals surface area contributed by atoms with Gasteiger partial charge in [0.05, 0.1) is 14.2 Å². The minimum Gasteiger partial charge on any atom is -0.467 e. The molecule has 0 aliphatic rings. The van der Waals surface area contributed by atoms with Crippen LogP contribution in [0.4, 0.5) is 0 Å². The van der Waals surface area contributed by atoms with E-state index in [1.807, 2.05) is 13.8 Å². The number of rotatable bonds is 6. The molecule has 0 heterocycles. The van der Waals surface area contributed by atoms with E-state index in [-0.39, 0.29) is 6.42 Å². The van der Waals surface area contributed by atoms with Crippen LogP contribution in [-0.4, -0.2) is 49.8 Å². The Morgan fingerprint density at radius 3 is 2.00 bits per heavy atom. The summed E-state index contributed by atoms with van der Waals surface area (Å²) in [6.07, 6.45) is 1.31. The number of Topliss-reactive ketones (excluding diaryl/α,β-unsaturated/α-hetero) is 1. The zero-order chi connectivity index (χ0) is 17.3. The first-order chi connectivity index (χ1) is 9.85. The summed E-state index contributed by atoms with van der Waals surface area (Å²) in [6, 6.07) is 0. The van der Waals surface area contributed by atoms with E-state index in [4.69, 9.17) is 6.48 Å². The summed E-state index contributed by atoms with van der Waals surface area (Å²) in [5.74, 6) is -1.73. The Balaban J connectivity index is -0.000000260. The topological polar surface area (TPSA) is 89.9 Å². The fourth-order valence-corrected chi connectivity index (χ4v) is 0.970. The maximum atomic E-state index is 10.5. The van der Waals surface area contributed by atoms with E-state index in [0.717, 1.165) is 6.42 Å². The number of ether oxygens (including phenoxy) is 2. The lowest BCUT2D eigenvalue weighted by Gasteiger charge is -2.04. The van der Waals surface area contributed by atoms with Crippen LogP contribution in [0.1, 0.15) is 40.9 Å². The van der Waals surface area contributed by atoms with Crippen molar-refractivity contribution >= 4 is 27.0 Å². The summed E-state index contributed by atoms with van der Waals surface area (Å²) in [7, 11) is 4.71. The number of hydrogen-bond acceptors (Lipinski definition) is 6. The molecule has 1 N–H and O–H groups in total. The number of carbonyl (C=O) groups is 3. The van der Waals surface area contributed by atoms with Gasteiger partial charge in [-0.25, -0.2) is 9.59 Å². The molecule has 0 aromatic heterocycles. The second-order valence-corrected chi connectivity index (χ2v) is 3.49. The molecule has 0 saturated heterocycles. The van der Waals surface area contributed by atoms with Crippen LogP contribution in [0.15, 0.2) is 0 Å². The number of aliphatic hydroxyl groups excluding tert-OH is 1. The number of methoxy groups -OCH3 is 2. The summed E-state index contributed by atoms with van der Waals surface area (Å²) in [6.45, 7) is 4.15. The number of carbonyl (C=O) groups excluding carboxylic acids is 3. The highest BCUT2D eigenvalue weighted by molar-refractivity contribution is 7.15. The highest BCUT2D eigenvalue weighted by Gasteiger charge is 2.12. The largest absolute Gasteiger partial charge is 0.467 e. The monoisotopic (exact) mass is 311 g/mol. The van der Waals surface area contributed by atoms with Gasteiger partial charge < -0.3 is 14.6 Å². The van der Waals surface area contributed by atoms with Gasteiger partial charge in [0.25, 0.3) is 0 Å². The van der Waals surface area contributed by atoms with Gasteiger partial charge in [-0.15, -0.1) is 9.24 Å². The van der Waals surface area contributed by atoms with E-state index in [1.54, 1.807) is 0 Å². The van der Waals surface area contributed by atoms with Crippen molar-refractivity contribution in [3.63, 3.8) is 0 Å². The van der Waals surface area contributed by atoms with E-state index < -0.39 is 23.8 Å². The molecule has 0 amide bonds. The average molecular weight is 311 g/mol. The average Bonchev–Trinajstić information content (AvgIpc) is 2.47. The molecule has 0 rings (SSSR count). The molecular formula is C13H27O6P. The van der Waals surface area contributed by atoms with Gasteiger partial charge in [0.2, 0.25) is 5.78 Å². The van der Waals surface area contributed by atoms with Gasteiger partial charge >= 0.3 is 11.9 Å². The first-order valence-electron chi connectivity index (χ1n) is 6.93. The zero-order valence-electron chi connectivity index (χ0n) is 13.7. The molecule has 0 radical (unpaired) electrons. The normalized spacial score (nSPS) is 10.6. The Morgan fingerprint density at radius 2 is 1.70 bits per heavy atom. The predicted molar refractivity (Wildman–Crippen MR) is 80.5 cm³/mol. The first kappa shape index (κ1) is 21.3. The Labute approximate surface area is 124 Å². The van der Waals surface area contributed by atoms with E-state index in [1.165, 1.54) is 14.2 Å². The van der Waals surface area contributed by atoms with E-state index >= 15 is 0 Å². The molecule has 120 valence electrons. The second kappa shape index (κ2) is 18.0. The Kier molecular flexibility index (Phi) is 19.2. The third-order valence-electron chi connectivity index (χ3n) is 1.93. The molecule has 0 bridgehead atoms. The first-order valence-corrected chi connectivity index (χ1v) is 7.03. The van der Waals surface area contributed by atoms with Crippen molar-refractivity contribution in [2.75, 3.05) is 20.9 Å². The number of aliphatic hydroxyl groups is 1. The van der Waals surface area contributed by atoms with Crippen molar-refractivity contribution in [2.45, 2.75) is 45.6 Å². The van der Waals surface area contributed by atoms with Crippen molar-refractivity contribution in [1.29, 1.82) is 0 Å². The molecule has 0 saturated carbocycles. The number of hydrogen-bond donors (Lipinski definition) is 1. The van der Waals surface area contributed by atoms with Crippen LogP contribution in [0.3, 0.4) is 0 Å². The highest BCUT2D eigenvalue weighted by atomic mass is 31.0. The Hall–Kier alpha value is -1.00. The molecule has 2 unspecified atom stereocenters. The van der Waals surface area contributed by atoms with Crippen LogP contribution in [0.5, 0.6) is 0 Å². The third-order valence-corrected chi connectivity index (χ3v) is 1.93. The Morgan fingerprint density at radius 1 is 1.20 bits per heavy atom. The van der Waals surface area contributed by atoms with E-state index in [9.17, 15) is 14.4 Å². The summed E-state index contributed by atoms with van der Waals surface area (Å²) < 4.78 is 14.6. The van der Waals surface area contributed by atoms with Gasteiger partial charge in [-0.2, -0.15) is 0 Å². The molecule has 0 aliphatic heterocycles. The molecular weight excluding hydrogens is 283 g/mol. The van der Waals surface area contributed by atoms with Crippen LogP contribution in [0, 0.1) is 0 Å². The second-order valence-electron chi connectivity index (χ2n) is 3.49. The van der Waals surface area contributed by atoms with Gasteiger partial charge in [0.15, 0.2) is 6.10 Å². The highest BCUT2D eigenvalue weighted by Crippen LogP contribution is 1.96. The van der Waals surface area contributed by atoms with Crippen LogP contribution >= 0.6 is 9.24 Å². The zero-order valence-corrected chi connectivity index (χ0v) is 13.8. The summed E-state index contributed by atoms with van der Waals surface area (Å²) in [4.78, 5) is 31.3. The summed E-state index contributed by atoms with van der Waals surface area (Å²) in [5, 5.41) is 8.84. The van der Waals surface area contributed by atoms with Crippen molar-refractivity contribution in [3.05, 3.63) is 0 Å². The van der Waals surface area contributed by atoms with Gasteiger partial charge in [-0.05, 0) is 12.8 Å². The molecule has 2 atom stereocenters. The summed E-state index contributed by atoms with van der Waals surface area (Å²) in [5.41, 5.74) is 0. The minimum atomic E-state index is -0.931. The van der Waals surface area contributed by atoms with Gasteiger partial charge in [-0.1, -0.05) is 26.9 Å². The SMILES string of the molecule is CCCC(=O)C(=O)OC.CCCC(O)C(=O)OC.[2H]CP. The summed E-state index contributed by atoms with van der Waals surface area (Å²) >= 11 is 0. The fraction of sp³-hybridized carbons (Fsp3) is 0.769. The van der Waals surface area contributed by atoms with Crippen molar-refractivity contribution < 1.29 is 30.3 Å². The van der Waals surface area contributed by atoms with Gasteiger partial charge in [0.1, 0.15) is 0 Å². The van der Waals surface area contributed by atoms with Crippen molar-refractivity contribution in [3.8, 4) is 0 Å². The van der Waals surface area contributed by atoms with Crippen molar-refractivity contribution in [2.24, 2.45) is 0 Å². The fourth-order valence-electron chi connectivity index (χ4n) is 0.970. The van der Waals surface area contributed by atoms with E-state index in [0.29, 0.717) is 19.5 Å². The molecule has 0 aromatic rings. The van der Waals surface area contributed by atoms with Gasteiger partial charge in [0, 0.05) is 7.79 Å². The van der Waals surface area contributed by atoms with Crippen LogP contribution < -0.4 is 0 Å². The quantitative estimate of drug-likeness (QED) is 0.452. The van der Waals surface area contributed by atoms with Crippen LogP contribution in [-0.2, 0) is 23.9 Å². The molecule has 20 heavy (non-hydrogen) atoms. The molecule has 7 heteroatoms. The molecule has 0 spiro atoms. The lowest BCUT2D eigenvalue weighted by molar-refractivity contribution is -0.151. The number of ketones is 1. The Bertz CT molecular complexity index is 286. The third kappa shape index (κ3) is 15.1. The smallest absolute Gasteiger partial charge is 0.374 e. The molecule has 0 aromatic carbocycles. The van der Waals surface area contributed by atoms with Crippen LogP contribution in [0.2, 0.25) is 0 Å². The lowest BCUT2D eigenvalue weighted by atomic mass is 10.2. The molecule has 0 aliphatic carbocycles. The molecule has 6 nitrogen and oxygen atoms in total. The molecule has 0 fully saturated rings. The standard InChI is InChI=1S/C6H12O3.C6H10O3.CH5P/c2*1-3-4-5(7)6(8)9-2;1-2/h5,7H,3-4H2,1-2H3;3-4H2,1-2H3;2H2,1H3/i;;1D. The maximum absolute atomic E-state index is 10.5. The van der Waals surface area contributed by atoms with E-state index in [2.05, 4.69) is 18.7 Å². The van der Waals surface area contributed by atoms with Crippen molar-refractivity contribution in [1.82, 2.24) is 0 Å². The number of esters is 2.